The van der Waals surface area contributed by atoms with Crippen molar-refractivity contribution in [3.63, 3.8) is 0 Å². The van der Waals surface area contributed by atoms with Gasteiger partial charge in [-0.25, -0.2) is 0 Å². The summed E-state index contributed by atoms with van der Waals surface area (Å²) in [6, 6.07) is 17.4. The first-order chi connectivity index (χ1) is 8.28. The molecule has 0 heterocycles. The van der Waals surface area contributed by atoms with Crippen molar-refractivity contribution in [2.24, 2.45) is 0 Å². The zero-order chi connectivity index (χ0) is 12.1. The molecule has 0 aliphatic heterocycles. The Bertz CT molecular complexity index is 526. The Morgan fingerprint density at radius 3 is 2.24 bits per heavy atom. The summed E-state index contributed by atoms with van der Waals surface area (Å²) >= 11 is 2.27. The Morgan fingerprint density at radius 2 is 1.65 bits per heavy atom. The van der Waals surface area contributed by atoms with Crippen LogP contribution in [0.3, 0.4) is 0 Å². The lowest BCUT2D eigenvalue weighted by atomic mass is 10.2. The molecule has 0 radical (unpaired) electrons. The van der Waals surface area contributed by atoms with Gasteiger partial charge in [-0.05, 0) is 64.6 Å². The lowest BCUT2D eigenvalue weighted by Crippen LogP contribution is -1.95. The smallest absolute Gasteiger partial charge is 0.119 e. The highest BCUT2D eigenvalue weighted by Crippen LogP contribution is 2.14. The van der Waals surface area contributed by atoms with Crippen LogP contribution in [-0.2, 0) is 6.61 Å². The number of hydrogen-bond acceptors (Lipinski definition) is 2. The van der Waals surface area contributed by atoms with Crippen LogP contribution in [0.4, 0.5) is 0 Å². The third kappa shape index (κ3) is 3.46. The highest BCUT2D eigenvalue weighted by atomic mass is 127. The Balaban J connectivity index is 1.98. The molecule has 0 saturated heterocycles. The number of hydrogen-bond donors (Lipinski definition) is 0. The van der Waals surface area contributed by atoms with Gasteiger partial charge in [-0.3, -0.25) is 0 Å². The molecule has 0 saturated carbocycles. The van der Waals surface area contributed by atoms with Crippen LogP contribution in [0.1, 0.15) is 11.1 Å². The maximum absolute atomic E-state index is 8.67. The molecule has 84 valence electrons. The molecule has 0 aliphatic rings. The molecule has 0 bridgehead atoms. The van der Waals surface area contributed by atoms with E-state index in [2.05, 4.69) is 40.8 Å². The van der Waals surface area contributed by atoms with Gasteiger partial charge in [0.05, 0.1) is 11.6 Å². The van der Waals surface area contributed by atoms with E-state index in [1.807, 2.05) is 24.3 Å². The van der Waals surface area contributed by atoms with E-state index in [0.29, 0.717) is 12.2 Å². The number of nitriles is 1. The third-order valence-electron chi connectivity index (χ3n) is 2.30. The fraction of sp³-hybridized carbons (Fsp3) is 0.0714. The second-order valence-electron chi connectivity index (χ2n) is 3.55. The van der Waals surface area contributed by atoms with Gasteiger partial charge in [0.15, 0.2) is 0 Å². The first kappa shape index (κ1) is 11.9. The molecule has 0 aromatic heterocycles. The molecule has 0 atom stereocenters. The van der Waals surface area contributed by atoms with E-state index in [1.165, 1.54) is 3.57 Å². The molecule has 0 amide bonds. The van der Waals surface area contributed by atoms with Gasteiger partial charge >= 0.3 is 0 Å². The van der Waals surface area contributed by atoms with Crippen molar-refractivity contribution in [3.8, 4) is 11.8 Å². The number of nitrogens with zero attached hydrogens (tertiary/aromatic N) is 1. The fourth-order valence-electron chi connectivity index (χ4n) is 1.37. The number of benzene rings is 2. The number of rotatable bonds is 3. The normalized spacial score (nSPS) is 9.65. The highest BCUT2D eigenvalue weighted by Gasteiger charge is 1.96. The topological polar surface area (TPSA) is 33.0 Å². The molecular weight excluding hydrogens is 325 g/mol. The van der Waals surface area contributed by atoms with Gasteiger partial charge in [-0.1, -0.05) is 12.1 Å². The van der Waals surface area contributed by atoms with Crippen molar-refractivity contribution in [1.82, 2.24) is 0 Å². The lowest BCUT2D eigenvalue weighted by Gasteiger charge is -2.06. The monoisotopic (exact) mass is 335 g/mol. The van der Waals surface area contributed by atoms with Crippen molar-refractivity contribution in [3.05, 3.63) is 63.2 Å². The molecule has 2 aromatic rings. The molecule has 0 fully saturated rings. The lowest BCUT2D eigenvalue weighted by molar-refractivity contribution is 0.306. The Kier molecular flexibility index (Phi) is 3.99. The van der Waals surface area contributed by atoms with Gasteiger partial charge in [0.2, 0.25) is 0 Å². The van der Waals surface area contributed by atoms with Gasteiger partial charge in [-0.2, -0.15) is 5.26 Å². The summed E-state index contributed by atoms with van der Waals surface area (Å²) in [5.41, 5.74) is 1.78. The molecular formula is C14H10INO. The number of halogens is 1. The van der Waals surface area contributed by atoms with E-state index >= 15 is 0 Å². The second kappa shape index (κ2) is 5.69. The van der Waals surface area contributed by atoms with Crippen molar-refractivity contribution < 1.29 is 4.74 Å². The molecule has 0 N–H and O–H groups in total. The minimum atomic E-state index is 0.544. The summed E-state index contributed by atoms with van der Waals surface area (Å²) in [5.74, 6) is 0.780. The quantitative estimate of drug-likeness (QED) is 0.801. The van der Waals surface area contributed by atoms with E-state index in [4.69, 9.17) is 10.00 Å². The second-order valence-corrected chi connectivity index (χ2v) is 4.80. The van der Waals surface area contributed by atoms with Crippen LogP contribution in [0, 0.1) is 14.9 Å². The summed E-state index contributed by atoms with van der Waals surface area (Å²) in [6.45, 7) is 0.544. The van der Waals surface area contributed by atoms with Crippen molar-refractivity contribution in [2.75, 3.05) is 0 Å². The van der Waals surface area contributed by atoms with E-state index in [0.717, 1.165) is 11.3 Å². The van der Waals surface area contributed by atoms with E-state index in [1.54, 1.807) is 12.1 Å². The summed E-state index contributed by atoms with van der Waals surface area (Å²) in [5, 5.41) is 8.67. The van der Waals surface area contributed by atoms with Crippen LogP contribution in [0.15, 0.2) is 48.5 Å². The zero-order valence-corrected chi connectivity index (χ0v) is 11.2. The van der Waals surface area contributed by atoms with Crippen molar-refractivity contribution >= 4 is 22.6 Å². The maximum Gasteiger partial charge on any atom is 0.119 e. The van der Waals surface area contributed by atoms with E-state index < -0.39 is 0 Å². The van der Waals surface area contributed by atoms with Crippen LogP contribution < -0.4 is 4.74 Å². The third-order valence-corrected chi connectivity index (χ3v) is 3.02. The van der Waals surface area contributed by atoms with E-state index in [-0.39, 0.29) is 0 Å². The largest absolute Gasteiger partial charge is 0.489 e. The van der Waals surface area contributed by atoms with Crippen LogP contribution in [0.5, 0.6) is 5.75 Å². The molecule has 2 nitrogen and oxygen atoms in total. The average Bonchev–Trinajstić information content (AvgIpc) is 2.39. The predicted octanol–water partition coefficient (Wildman–Crippen LogP) is 3.74. The molecule has 2 aromatic carbocycles. The summed E-state index contributed by atoms with van der Waals surface area (Å²) in [6.07, 6.45) is 0. The van der Waals surface area contributed by atoms with Crippen LogP contribution in [0.2, 0.25) is 0 Å². The maximum atomic E-state index is 8.67. The van der Waals surface area contributed by atoms with Crippen LogP contribution in [-0.4, -0.2) is 0 Å². The Morgan fingerprint density at radius 1 is 1.00 bits per heavy atom. The van der Waals surface area contributed by atoms with Crippen molar-refractivity contribution in [2.45, 2.75) is 6.61 Å². The first-order valence-electron chi connectivity index (χ1n) is 5.15. The summed E-state index contributed by atoms with van der Waals surface area (Å²) in [4.78, 5) is 0. The van der Waals surface area contributed by atoms with Gasteiger partial charge in [-0.15, -0.1) is 0 Å². The molecule has 0 spiro atoms. The van der Waals surface area contributed by atoms with Gasteiger partial charge in [0.25, 0.3) is 0 Å². The Hall–Kier alpha value is -1.54. The zero-order valence-electron chi connectivity index (χ0n) is 9.06. The highest BCUT2D eigenvalue weighted by molar-refractivity contribution is 14.1. The van der Waals surface area contributed by atoms with Crippen LogP contribution in [0.25, 0.3) is 0 Å². The fourth-order valence-corrected chi connectivity index (χ4v) is 1.73. The standard InChI is InChI=1S/C14H10INO/c15-13-5-1-12(2-6-13)10-17-14-7-3-11(9-16)4-8-14/h1-8H,10H2. The molecule has 17 heavy (non-hydrogen) atoms. The minimum Gasteiger partial charge on any atom is -0.489 e. The van der Waals surface area contributed by atoms with E-state index in [9.17, 15) is 0 Å². The summed E-state index contributed by atoms with van der Waals surface area (Å²) in [7, 11) is 0. The van der Waals surface area contributed by atoms with Gasteiger partial charge in [0, 0.05) is 3.57 Å². The SMILES string of the molecule is N#Cc1ccc(OCc2ccc(I)cc2)cc1. The van der Waals surface area contributed by atoms with Crippen molar-refractivity contribution in [1.29, 1.82) is 5.26 Å². The minimum absolute atomic E-state index is 0.544. The number of ether oxygens (including phenoxy) is 1. The molecule has 0 aliphatic carbocycles. The average molecular weight is 335 g/mol. The predicted molar refractivity (Wildman–Crippen MR) is 74.6 cm³/mol. The first-order valence-corrected chi connectivity index (χ1v) is 6.23. The molecule has 2 rings (SSSR count). The summed E-state index contributed by atoms with van der Waals surface area (Å²) < 4.78 is 6.83. The van der Waals surface area contributed by atoms with Gasteiger partial charge < -0.3 is 4.74 Å². The molecule has 3 heteroatoms. The molecule has 0 unspecified atom stereocenters. The Labute approximate surface area is 114 Å². The van der Waals surface area contributed by atoms with Gasteiger partial charge in [0.1, 0.15) is 12.4 Å². The van der Waals surface area contributed by atoms with Crippen LogP contribution >= 0.6 is 22.6 Å².